The van der Waals surface area contributed by atoms with Crippen LogP contribution in [0.5, 0.6) is 0 Å². The molecule has 0 aromatic heterocycles. The maximum atomic E-state index is 12.8. The van der Waals surface area contributed by atoms with Gasteiger partial charge in [-0.25, -0.2) is 0 Å². The van der Waals surface area contributed by atoms with Gasteiger partial charge in [0.15, 0.2) is 6.10 Å². The summed E-state index contributed by atoms with van der Waals surface area (Å²) in [4.78, 5) is 38.0. The number of ether oxygens (including phenoxy) is 3. The topological polar surface area (TPSA) is 78.9 Å². The minimum atomic E-state index is -0.778. The smallest absolute Gasteiger partial charge is 0.306 e. The molecule has 0 aromatic carbocycles. The van der Waals surface area contributed by atoms with Gasteiger partial charge in [0.1, 0.15) is 13.2 Å². The summed E-state index contributed by atoms with van der Waals surface area (Å²) in [5, 5.41) is 0. The van der Waals surface area contributed by atoms with Crippen LogP contribution in [0, 0.1) is 0 Å². The Labute approximate surface area is 428 Å². The lowest BCUT2D eigenvalue weighted by atomic mass is 10.0. The molecule has 0 amide bonds. The van der Waals surface area contributed by atoms with E-state index in [1.165, 1.54) is 167 Å². The predicted octanol–water partition coefficient (Wildman–Crippen LogP) is 20.0. The lowest BCUT2D eigenvalue weighted by molar-refractivity contribution is -0.167. The maximum Gasteiger partial charge on any atom is 0.306 e. The average molecular weight is 966 g/mol. The van der Waals surface area contributed by atoms with E-state index in [1.54, 1.807) is 0 Å². The quantitative estimate of drug-likeness (QED) is 0.0262. The van der Waals surface area contributed by atoms with E-state index in [1.807, 2.05) is 0 Å². The van der Waals surface area contributed by atoms with Gasteiger partial charge < -0.3 is 14.2 Å². The molecular formula is C63H112O6. The fraction of sp³-hybridized carbons (Fsp3) is 0.794. The minimum absolute atomic E-state index is 0.0780. The molecule has 400 valence electrons. The van der Waals surface area contributed by atoms with Crippen molar-refractivity contribution in [3.8, 4) is 0 Å². The Kier molecular flexibility index (Phi) is 55.3. The number of hydrogen-bond acceptors (Lipinski definition) is 6. The number of hydrogen-bond donors (Lipinski definition) is 0. The third kappa shape index (κ3) is 55.9. The Morgan fingerprint density at radius 2 is 0.565 bits per heavy atom. The van der Waals surface area contributed by atoms with Crippen molar-refractivity contribution >= 4 is 17.9 Å². The Hall–Kier alpha value is -2.89. The molecule has 0 aliphatic rings. The summed E-state index contributed by atoms with van der Waals surface area (Å²) >= 11 is 0. The van der Waals surface area contributed by atoms with Crippen molar-refractivity contribution in [3.63, 3.8) is 0 Å². The summed E-state index contributed by atoms with van der Waals surface area (Å²) in [5.41, 5.74) is 0. The van der Waals surface area contributed by atoms with E-state index in [2.05, 4.69) is 81.5 Å². The molecule has 0 radical (unpaired) electrons. The van der Waals surface area contributed by atoms with Crippen LogP contribution in [-0.2, 0) is 28.6 Å². The molecule has 0 saturated carbocycles. The molecule has 69 heavy (non-hydrogen) atoms. The molecular weight excluding hydrogens is 853 g/mol. The molecule has 0 heterocycles. The molecule has 0 spiro atoms. The van der Waals surface area contributed by atoms with Crippen molar-refractivity contribution < 1.29 is 28.6 Å². The number of carbonyl (C=O) groups excluding carboxylic acids is 3. The molecule has 0 saturated heterocycles. The third-order valence-electron chi connectivity index (χ3n) is 13.0. The summed E-state index contributed by atoms with van der Waals surface area (Å²) in [6.07, 6.45) is 72.4. The fourth-order valence-electron chi connectivity index (χ4n) is 8.55. The molecule has 0 aliphatic carbocycles. The van der Waals surface area contributed by atoms with Gasteiger partial charge in [-0.15, -0.1) is 0 Å². The van der Waals surface area contributed by atoms with Gasteiger partial charge in [0.25, 0.3) is 0 Å². The van der Waals surface area contributed by atoms with Gasteiger partial charge in [0.2, 0.25) is 0 Å². The zero-order valence-electron chi connectivity index (χ0n) is 45.8. The van der Waals surface area contributed by atoms with E-state index in [0.717, 1.165) is 96.3 Å². The first kappa shape index (κ1) is 66.1. The van der Waals surface area contributed by atoms with E-state index >= 15 is 0 Å². The maximum absolute atomic E-state index is 12.8. The second kappa shape index (κ2) is 57.7. The van der Waals surface area contributed by atoms with Crippen molar-refractivity contribution in [2.24, 2.45) is 0 Å². The van der Waals surface area contributed by atoms with Crippen LogP contribution in [0.3, 0.4) is 0 Å². The average Bonchev–Trinajstić information content (AvgIpc) is 3.35. The second-order valence-corrected chi connectivity index (χ2v) is 19.9. The molecule has 0 aromatic rings. The largest absolute Gasteiger partial charge is 0.462 e. The zero-order chi connectivity index (χ0) is 50.0. The molecule has 1 unspecified atom stereocenters. The molecule has 0 fully saturated rings. The van der Waals surface area contributed by atoms with Crippen LogP contribution >= 0.6 is 0 Å². The van der Waals surface area contributed by atoms with E-state index < -0.39 is 6.10 Å². The molecule has 6 nitrogen and oxygen atoms in total. The highest BCUT2D eigenvalue weighted by molar-refractivity contribution is 5.71. The summed E-state index contributed by atoms with van der Waals surface area (Å²) < 4.78 is 16.8. The van der Waals surface area contributed by atoms with Crippen molar-refractivity contribution in [2.75, 3.05) is 13.2 Å². The van der Waals surface area contributed by atoms with Gasteiger partial charge in [0, 0.05) is 19.3 Å². The Morgan fingerprint density at radius 1 is 0.304 bits per heavy atom. The number of carbonyl (C=O) groups is 3. The van der Waals surface area contributed by atoms with Crippen molar-refractivity contribution in [1.29, 1.82) is 0 Å². The van der Waals surface area contributed by atoms with Gasteiger partial charge in [0.05, 0.1) is 0 Å². The number of rotatable bonds is 54. The van der Waals surface area contributed by atoms with E-state index in [0.29, 0.717) is 19.3 Å². The normalized spacial score (nSPS) is 12.4. The van der Waals surface area contributed by atoms with Crippen LogP contribution in [0.15, 0.2) is 60.8 Å². The van der Waals surface area contributed by atoms with Gasteiger partial charge in [-0.1, -0.05) is 261 Å². The zero-order valence-corrected chi connectivity index (χ0v) is 45.8. The fourth-order valence-corrected chi connectivity index (χ4v) is 8.55. The minimum Gasteiger partial charge on any atom is -0.462 e. The Morgan fingerprint density at radius 3 is 0.899 bits per heavy atom. The van der Waals surface area contributed by atoms with Crippen molar-refractivity contribution in [3.05, 3.63) is 60.8 Å². The van der Waals surface area contributed by atoms with Crippen molar-refractivity contribution in [2.45, 2.75) is 309 Å². The lowest BCUT2D eigenvalue weighted by Crippen LogP contribution is -2.30. The molecule has 0 N–H and O–H groups in total. The number of allylic oxidation sites excluding steroid dienone is 10. The molecule has 0 rings (SSSR count). The van der Waals surface area contributed by atoms with Crippen molar-refractivity contribution in [1.82, 2.24) is 0 Å². The van der Waals surface area contributed by atoms with Gasteiger partial charge >= 0.3 is 17.9 Å². The molecule has 0 aliphatic heterocycles. The van der Waals surface area contributed by atoms with Gasteiger partial charge in [-0.3, -0.25) is 14.4 Å². The van der Waals surface area contributed by atoms with Crippen LogP contribution in [-0.4, -0.2) is 37.2 Å². The highest BCUT2D eigenvalue weighted by atomic mass is 16.6. The number of unbranched alkanes of at least 4 members (excludes halogenated alkanes) is 33. The summed E-state index contributed by atoms with van der Waals surface area (Å²) in [7, 11) is 0. The SMILES string of the molecule is CC/C=C\C/C=C\C/C=C\C/C=C\CCCCCCCCC(=O)OC(COC(=O)CCCCCCCCC)COC(=O)CCCCCCCCCCCCCCC/C=C\CCCCCCCCCC. The first-order chi connectivity index (χ1) is 34.0. The van der Waals surface area contributed by atoms with E-state index in [9.17, 15) is 14.4 Å². The van der Waals surface area contributed by atoms with E-state index in [-0.39, 0.29) is 31.1 Å². The molecule has 6 heteroatoms. The first-order valence-electron chi connectivity index (χ1n) is 29.8. The monoisotopic (exact) mass is 965 g/mol. The van der Waals surface area contributed by atoms with Crippen LogP contribution in [0.1, 0.15) is 303 Å². The highest BCUT2D eigenvalue weighted by Gasteiger charge is 2.19. The van der Waals surface area contributed by atoms with Gasteiger partial charge in [-0.2, -0.15) is 0 Å². The summed E-state index contributed by atoms with van der Waals surface area (Å²) in [6.45, 7) is 6.50. The van der Waals surface area contributed by atoms with Crippen LogP contribution in [0.4, 0.5) is 0 Å². The van der Waals surface area contributed by atoms with Gasteiger partial charge in [-0.05, 0) is 83.5 Å². The Bertz CT molecular complexity index is 1250. The summed E-state index contributed by atoms with van der Waals surface area (Å²) in [5.74, 6) is -0.888. The second-order valence-electron chi connectivity index (χ2n) is 19.9. The first-order valence-corrected chi connectivity index (χ1v) is 29.8. The summed E-state index contributed by atoms with van der Waals surface area (Å²) in [6, 6.07) is 0. The predicted molar refractivity (Wildman–Crippen MR) is 298 cm³/mol. The molecule has 1 atom stereocenters. The third-order valence-corrected chi connectivity index (χ3v) is 13.0. The number of esters is 3. The van der Waals surface area contributed by atoms with E-state index in [4.69, 9.17) is 14.2 Å². The van der Waals surface area contributed by atoms with Crippen LogP contribution in [0.2, 0.25) is 0 Å². The van der Waals surface area contributed by atoms with Crippen LogP contribution < -0.4 is 0 Å². The lowest BCUT2D eigenvalue weighted by Gasteiger charge is -2.18. The highest BCUT2D eigenvalue weighted by Crippen LogP contribution is 2.16. The standard InChI is InChI=1S/C63H112O6/c1-4-7-10-13-16-18-20-22-24-26-28-29-30-31-32-33-35-36-38-40-42-44-47-50-53-56-62(65)68-59-60(58-67-61(64)55-52-49-46-15-12-9-6-3)69-63(66)57-54-51-48-45-43-41-39-37-34-27-25-23-21-19-17-14-11-8-5-2/h8,11,17,19,23,25-26,28,34,37,60H,4-7,9-10,12-16,18,20-22,24,27,29-33,35-36,38-59H2,1-3H3/b11-8-,19-17-,25-23-,28-26-,37-34-. The molecule has 0 bridgehead atoms. The Balaban J connectivity index is 4.15. The van der Waals surface area contributed by atoms with Crippen LogP contribution in [0.25, 0.3) is 0 Å².